The number of thiophene rings is 1. The fraction of sp³-hybridized carbons (Fsp3) is 0.500. The highest BCUT2D eigenvalue weighted by Gasteiger charge is 2.17. The van der Waals surface area contributed by atoms with Crippen LogP contribution in [0.15, 0.2) is 20.1 Å². The van der Waals surface area contributed by atoms with Crippen molar-refractivity contribution in [1.82, 2.24) is 4.72 Å². The van der Waals surface area contributed by atoms with E-state index >= 15 is 0 Å². The van der Waals surface area contributed by atoms with E-state index in [1.54, 1.807) is 11.4 Å². The first kappa shape index (κ1) is 13.1. The van der Waals surface area contributed by atoms with Crippen LogP contribution >= 0.6 is 27.3 Å². The van der Waals surface area contributed by atoms with E-state index < -0.39 is 10.0 Å². The van der Waals surface area contributed by atoms with Gasteiger partial charge >= 0.3 is 0 Å². The van der Waals surface area contributed by atoms with Gasteiger partial charge in [0.15, 0.2) is 0 Å². The number of nitrogens with two attached hydrogens (primary N) is 1. The molecule has 0 atom stereocenters. The molecule has 0 saturated heterocycles. The molecule has 1 heterocycles. The van der Waals surface area contributed by atoms with Gasteiger partial charge in [0.2, 0.25) is 0 Å². The van der Waals surface area contributed by atoms with Gasteiger partial charge in [-0.1, -0.05) is 0 Å². The Morgan fingerprint density at radius 2 is 2.20 bits per heavy atom. The third kappa shape index (κ3) is 3.84. The molecular weight excluding hydrogens is 300 g/mol. The largest absolute Gasteiger partial charge is 0.330 e. The van der Waals surface area contributed by atoms with E-state index in [2.05, 4.69) is 20.7 Å². The number of unbranched alkanes of at least 4 members (excludes halogenated alkanes) is 1. The van der Waals surface area contributed by atoms with Crippen LogP contribution in [0.4, 0.5) is 0 Å². The quantitative estimate of drug-likeness (QED) is 0.782. The second-order valence-corrected chi connectivity index (χ2v) is 6.68. The standard InChI is InChI=1S/C8H13BrN2O2S2/c9-7-3-6-14-8(7)15(12,13)11-5-2-1-4-10/h3,6,11H,1-2,4-5,10H2. The molecule has 0 saturated carbocycles. The van der Waals surface area contributed by atoms with Crippen molar-refractivity contribution in [2.45, 2.75) is 17.1 Å². The van der Waals surface area contributed by atoms with Crippen LogP contribution in [0.2, 0.25) is 0 Å². The van der Waals surface area contributed by atoms with Gasteiger partial charge in [-0.25, -0.2) is 13.1 Å². The van der Waals surface area contributed by atoms with Gasteiger partial charge in [-0.05, 0) is 46.8 Å². The summed E-state index contributed by atoms with van der Waals surface area (Å²) in [5.41, 5.74) is 5.31. The third-order valence-corrected chi connectivity index (χ3v) is 5.88. The van der Waals surface area contributed by atoms with E-state index in [0.29, 0.717) is 21.8 Å². The van der Waals surface area contributed by atoms with Gasteiger partial charge in [-0.2, -0.15) is 0 Å². The lowest BCUT2D eigenvalue weighted by atomic mass is 10.3. The van der Waals surface area contributed by atoms with Crippen LogP contribution in [0.3, 0.4) is 0 Å². The van der Waals surface area contributed by atoms with Gasteiger partial charge < -0.3 is 5.73 Å². The highest BCUT2D eigenvalue weighted by atomic mass is 79.9. The Morgan fingerprint density at radius 1 is 1.47 bits per heavy atom. The SMILES string of the molecule is NCCCCNS(=O)(=O)c1sccc1Br. The maximum Gasteiger partial charge on any atom is 0.251 e. The van der Waals surface area contributed by atoms with Crippen LogP contribution in [-0.4, -0.2) is 21.5 Å². The Morgan fingerprint density at radius 3 is 2.73 bits per heavy atom. The van der Waals surface area contributed by atoms with Crippen molar-refractivity contribution in [2.75, 3.05) is 13.1 Å². The first-order chi connectivity index (χ1) is 7.08. The normalized spacial score (nSPS) is 11.9. The summed E-state index contributed by atoms with van der Waals surface area (Å²) in [6.45, 7) is 1.02. The van der Waals surface area contributed by atoms with Gasteiger partial charge in [0.25, 0.3) is 10.0 Å². The predicted octanol–water partition coefficient (Wildman–Crippen LogP) is 1.53. The molecule has 0 spiro atoms. The number of sulfonamides is 1. The molecule has 0 aromatic carbocycles. The van der Waals surface area contributed by atoms with Crippen LogP contribution in [0.1, 0.15) is 12.8 Å². The van der Waals surface area contributed by atoms with Crippen molar-refractivity contribution in [1.29, 1.82) is 0 Å². The molecule has 4 nitrogen and oxygen atoms in total. The molecule has 1 aromatic heterocycles. The zero-order chi connectivity index (χ0) is 11.3. The zero-order valence-corrected chi connectivity index (χ0v) is 11.3. The van der Waals surface area contributed by atoms with Gasteiger partial charge in [0, 0.05) is 11.0 Å². The fourth-order valence-corrected chi connectivity index (χ4v) is 4.47. The van der Waals surface area contributed by atoms with Gasteiger partial charge in [-0.3, -0.25) is 0 Å². The van der Waals surface area contributed by atoms with Crippen molar-refractivity contribution in [3.63, 3.8) is 0 Å². The number of nitrogens with one attached hydrogen (secondary N) is 1. The Kier molecular flexibility index (Phi) is 5.20. The number of halogens is 1. The maximum atomic E-state index is 11.7. The number of hydrogen-bond donors (Lipinski definition) is 2. The van der Waals surface area contributed by atoms with E-state index in [9.17, 15) is 8.42 Å². The minimum atomic E-state index is -3.35. The summed E-state index contributed by atoms with van der Waals surface area (Å²) >= 11 is 4.39. The van der Waals surface area contributed by atoms with Crippen molar-refractivity contribution in [3.8, 4) is 0 Å². The molecule has 3 N–H and O–H groups in total. The molecule has 0 unspecified atom stereocenters. The van der Waals surface area contributed by atoms with Crippen molar-refractivity contribution >= 4 is 37.3 Å². The fourth-order valence-electron chi connectivity index (χ4n) is 1.01. The molecule has 86 valence electrons. The molecular formula is C8H13BrN2O2S2. The topological polar surface area (TPSA) is 72.2 Å². The van der Waals surface area contributed by atoms with Crippen LogP contribution < -0.4 is 10.5 Å². The van der Waals surface area contributed by atoms with Crippen LogP contribution in [-0.2, 0) is 10.0 Å². The summed E-state index contributed by atoms with van der Waals surface area (Å²) in [5.74, 6) is 0. The monoisotopic (exact) mass is 312 g/mol. The first-order valence-electron chi connectivity index (χ1n) is 4.50. The molecule has 0 amide bonds. The Hall–Kier alpha value is 0.0500. The highest BCUT2D eigenvalue weighted by molar-refractivity contribution is 9.10. The highest BCUT2D eigenvalue weighted by Crippen LogP contribution is 2.27. The summed E-state index contributed by atoms with van der Waals surface area (Å²) in [5, 5.41) is 1.73. The van der Waals surface area contributed by atoms with Crippen LogP contribution in [0.25, 0.3) is 0 Å². The van der Waals surface area contributed by atoms with E-state index in [4.69, 9.17) is 5.73 Å². The van der Waals surface area contributed by atoms with Crippen LogP contribution in [0, 0.1) is 0 Å². The Bertz CT molecular complexity index is 403. The van der Waals surface area contributed by atoms with Crippen LogP contribution in [0.5, 0.6) is 0 Å². The smallest absolute Gasteiger partial charge is 0.251 e. The lowest BCUT2D eigenvalue weighted by molar-refractivity contribution is 0.579. The lowest BCUT2D eigenvalue weighted by Gasteiger charge is -2.04. The average molecular weight is 313 g/mol. The Labute approximate surface area is 102 Å². The molecule has 0 fully saturated rings. The third-order valence-electron chi connectivity index (χ3n) is 1.75. The van der Waals surface area contributed by atoms with Gasteiger partial charge in [0.05, 0.1) is 0 Å². The van der Waals surface area contributed by atoms with Crippen molar-refractivity contribution in [3.05, 3.63) is 15.9 Å². The summed E-state index contributed by atoms with van der Waals surface area (Å²) in [6.07, 6.45) is 1.59. The summed E-state index contributed by atoms with van der Waals surface area (Å²) in [6, 6.07) is 1.72. The van der Waals surface area contributed by atoms with E-state index in [-0.39, 0.29) is 0 Å². The van der Waals surface area contributed by atoms with E-state index in [1.165, 1.54) is 11.3 Å². The van der Waals surface area contributed by atoms with E-state index in [1.807, 2.05) is 0 Å². The lowest BCUT2D eigenvalue weighted by Crippen LogP contribution is -2.24. The maximum absolute atomic E-state index is 11.7. The summed E-state index contributed by atoms with van der Waals surface area (Å²) < 4.78 is 26.9. The second-order valence-electron chi connectivity index (χ2n) is 2.95. The minimum absolute atomic E-state index is 0.329. The summed E-state index contributed by atoms with van der Waals surface area (Å²) in [4.78, 5) is 0. The first-order valence-corrected chi connectivity index (χ1v) is 7.66. The molecule has 0 bridgehead atoms. The minimum Gasteiger partial charge on any atom is -0.330 e. The number of rotatable bonds is 6. The molecule has 1 rings (SSSR count). The van der Waals surface area contributed by atoms with Gasteiger partial charge in [0.1, 0.15) is 4.21 Å². The molecule has 0 radical (unpaired) electrons. The molecule has 7 heteroatoms. The zero-order valence-electron chi connectivity index (χ0n) is 8.07. The number of hydrogen-bond acceptors (Lipinski definition) is 4. The Balaban J connectivity index is 2.57. The van der Waals surface area contributed by atoms with Crippen molar-refractivity contribution in [2.24, 2.45) is 5.73 Å². The van der Waals surface area contributed by atoms with Crippen molar-refractivity contribution < 1.29 is 8.42 Å². The average Bonchev–Trinajstić information content (AvgIpc) is 2.60. The molecule has 1 aromatic rings. The molecule has 0 aliphatic carbocycles. The second kappa shape index (κ2) is 5.95. The predicted molar refractivity (Wildman–Crippen MR) is 65.5 cm³/mol. The van der Waals surface area contributed by atoms with Gasteiger partial charge in [-0.15, -0.1) is 11.3 Å². The molecule has 15 heavy (non-hydrogen) atoms. The summed E-state index contributed by atoms with van der Waals surface area (Å²) in [7, 11) is -3.35. The van der Waals surface area contributed by atoms with E-state index in [0.717, 1.165) is 12.8 Å². The molecule has 0 aliphatic rings. The molecule has 0 aliphatic heterocycles.